The molecule has 1 saturated heterocycles. The lowest BCUT2D eigenvalue weighted by Gasteiger charge is -2.23. The van der Waals surface area contributed by atoms with E-state index in [0.29, 0.717) is 0 Å². The van der Waals surface area contributed by atoms with Gasteiger partial charge in [0.15, 0.2) is 23.0 Å². The number of imidazole rings is 1. The second-order valence-corrected chi connectivity index (χ2v) is 4.89. The number of nitrogens with one attached hydrogen (secondary N) is 1. The molecule has 22 heavy (non-hydrogen) atoms. The molecule has 6 N–H and O–H groups in total. The lowest BCUT2D eigenvalue weighted by molar-refractivity contribution is -0.0605. The predicted octanol–water partition coefficient (Wildman–Crippen LogP) is -2.68. The maximum Gasteiger partial charge on any atom is 0.280 e. The normalized spacial score (nSPS) is 31.5. The Kier molecular flexibility index (Phi) is 3.15. The molecule has 0 saturated carbocycles. The Hall–Kier alpha value is -2.45. The molecule has 1 aliphatic heterocycles. The molecular weight excluding hydrogens is 294 g/mol. The molecular formula is C12H13N5O5. The maximum absolute atomic E-state index is 11.7. The number of aliphatic hydroxyl groups is 3. The van der Waals surface area contributed by atoms with Gasteiger partial charge in [-0.15, -0.1) is 6.42 Å². The summed E-state index contributed by atoms with van der Waals surface area (Å²) in [6.45, 7) is -0.600. The number of nitrogen functional groups attached to an aromatic ring is 1. The van der Waals surface area contributed by atoms with E-state index in [1.807, 2.05) is 5.92 Å². The molecule has 1 aliphatic rings. The van der Waals surface area contributed by atoms with Gasteiger partial charge in [-0.25, -0.2) is 4.98 Å². The second kappa shape index (κ2) is 4.79. The van der Waals surface area contributed by atoms with E-state index < -0.39 is 36.2 Å². The summed E-state index contributed by atoms with van der Waals surface area (Å²) in [6.07, 6.45) is 2.50. The van der Waals surface area contributed by atoms with Crippen molar-refractivity contribution in [2.45, 2.75) is 24.0 Å². The van der Waals surface area contributed by atoms with Crippen LogP contribution in [0.5, 0.6) is 0 Å². The molecule has 3 rings (SSSR count). The van der Waals surface area contributed by atoms with Crippen molar-refractivity contribution in [1.29, 1.82) is 0 Å². The van der Waals surface area contributed by atoms with E-state index in [9.17, 15) is 20.1 Å². The molecule has 0 spiro atoms. The molecule has 2 aromatic heterocycles. The Morgan fingerprint density at radius 2 is 2.36 bits per heavy atom. The molecule has 0 radical (unpaired) electrons. The maximum atomic E-state index is 11.7. The summed E-state index contributed by atoms with van der Waals surface area (Å²) < 4.78 is 6.62. The molecule has 3 heterocycles. The first-order valence-electron chi connectivity index (χ1n) is 6.29. The van der Waals surface area contributed by atoms with E-state index in [1.54, 1.807) is 0 Å². The number of H-pyrrole nitrogens is 1. The van der Waals surface area contributed by atoms with Gasteiger partial charge in [-0.1, -0.05) is 5.92 Å². The summed E-state index contributed by atoms with van der Waals surface area (Å²) in [5.74, 6) is 1.89. The molecule has 0 aromatic carbocycles. The first kappa shape index (κ1) is 14.5. The van der Waals surface area contributed by atoms with Gasteiger partial charge in [0.1, 0.15) is 12.2 Å². The SMILES string of the molecule is C#C[C@@]1(O)[C@@H](CO)O[C@@H](n2cnc3c(=O)[nH]c(N)nc32)[C@@H]1O. The molecule has 0 bridgehead atoms. The number of terminal acetylenes is 1. The van der Waals surface area contributed by atoms with E-state index >= 15 is 0 Å². The highest BCUT2D eigenvalue weighted by Gasteiger charge is 2.55. The van der Waals surface area contributed by atoms with Gasteiger partial charge in [-0.05, 0) is 0 Å². The number of hydrogen-bond donors (Lipinski definition) is 5. The fourth-order valence-electron chi connectivity index (χ4n) is 2.46. The molecule has 2 aromatic rings. The zero-order valence-corrected chi connectivity index (χ0v) is 11.2. The fourth-order valence-corrected chi connectivity index (χ4v) is 2.46. The molecule has 1 fully saturated rings. The molecule has 0 amide bonds. The number of rotatable bonds is 2. The van der Waals surface area contributed by atoms with Crippen LogP contribution < -0.4 is 11.3 Å². The van der Waals surface area contributed by atoms with Crippen molar-refractivity contribution in [2.24, 2.45) is 0 Å². The van der Waals surface area contributed by atoms with Gasteiger partial charge in [0.25, 0.3) is 5.56 Å². The van der Waals surface area contributed by atoms with Crippen molar-refractivity contribution in [3.05, 3.63) is 16.7 Å². The van der Waals surface area contributed by atoms with Crippen molar-refractivity contribution < 1.29 is 20.1 Å². The van der Waals surface area contributed by atoms with Crippen molar-refractivity contribution in [3.63, 3.8) is 0 Å². The number of aromatic nitrogens is 4. The average Bonchev–Trinajstić information content (AvgIpc) is 3.00. The monoisotopic (exact) mass is 307 g/mol. The molecule has 10 nitrogen and oxygen atoms in total. The summed E-state index contributed by atoms with van der Waals surface area (Å²) in [5.41, 5.74) is 2.90. The van der Waals surface area contributed by atoms with Crippen LogP contribution in [-0.4, -0.2) is 59.3 Å². The minimum absolute atomic E-state index is 0.0123. The average molecular weight is 307 g/mol. The smallest absolute Gasteiger partial charge is 0.280 e. The summed E-state index contributed by atoms with van der Waals surface area (Å²) in [5, 5.41) is 29.8. The molecule has 10 heteroatoms. The number of hydrogen-bond acceptors (Lipinski definition) is 8. The van der Waals surface area contributed by atoms with Crippen LogP contribution >= 0.6 is 0 Å². The summed E-state index contributed by atoms with van der Waals surface area (Å²) >= 11 is 0. The highest BCUT2D eigenvalue weighted by molar-refractivity contribution is 5.70. The minimum Gasteiger partial charge on any atom is -0.394 e. The van der Waals surface area contributed by atoms with E-state index in [0.717, 1.165) is 0 Å². The lowest BCUT2D eigenvalue weighted by Crippen LogP contribution is -2.47. The van der Waals surface area contributed by atoms with Crippen molar-refractivity contribution >= 4 is 17.1 Å². The number of fused-ring (bicyclic) bond motifs is 1. The van der Waals surface area contributed by atoms with Crippen LogP contribution in [0, 0.1) is 12.3 Å². The van der Waals surface area contributed by atoms with E-state index in [1.165, 1.54) is 10.9 Å². The van der Waals surface area contributed by atoms with Gasteiger partial charge in [0.05, 0.1) is 12.9 Å². The standard InChI is InChI=1S/C12H13N5O5/c1-2-12(21)5(3-18)22-10(7(12)19)17-4-14-6-8(17)15-11(13)16-9(6)20/h1,4-5,7,10,18-19,21H,3H2,(H3,13,15,16,20)/t5-,7+,10-,12-/m1/s1. The molecule has 116 valence electrons. The van der Waals surface area contributed by atoms with Crippen LogP contribution in [0.15, 0.2) is 11.1 Å². The molecule has 4 atom stereocenters. The van der Waals surface area contributed by atoms with Crippen LogP contribution in [0.1, 0.15) is 6.23 Å². The number of nitrogens with two attached hydrogens (primary N) is 1. The Morgan fingerprint density at radius 3 is 2.95 bits per heavy atom. The van der Waals surface area contributed by atoms with Crippen LogP contribution in [0.3, 0.4) is 0 Å². The third-order valence-electron chi connectivity index (χ3n) is 3.64. The highest BCUT2D eigenvalue weighted by Crippen LogP contribution is 2.37. The van der Waals surface area contributed by atoms with Crippen LogP contribution in [0.25, 0.3) is 11.2 Å². The van der Waals surface area contributed by atoms with E-state index in [-0.39, 0.29) is 17.1 Å². The highest BCUT2D eigenvalue weighted by atomic mass is 16.6. The lowest BCUT2D eigenvalue weighted by atomic mass is 9.93. The van der Waals surface area contributed by atoms with Gasteiger partial charge in [-0.2, -0.15) is 4.98 Å². The largest absolute Gasteiger partial charge is 0.394 e. The van der Waals surface area contributed by atoms with Gasteiger partial charge in [0.2, 0.25) is 5.95 Å². The fraction of sp³-hybridized carbons (Fsp3) is 0.417. The van der Waals surface area contributed by atoms with Crippen molar-refractivity contribution in [1.82, 2.24) is 19.5 Å². The third kappa shape index (κ3) is 1.81. The van der Waals surface area contributed by atoms with E-state index in [4.69, 9.17) is 16.9 Å². The third-order valence-corrected chi connectivity index (χ3v) is 3.64. The molecule has 0 unspecified atom stereocenters. The minimum atomic E-state index is -2.08. The number of nitrogens with zero attached hydrogens (tertiary/aromatic N) is 3. The summed E-state index contributed by atoms with van der Waals surface area (Å²) in [7, 11) is 0. The topological polar surface area (TPSA) is 160 Å². The van der Waals surface area contributed by atoms with Crippen molar-refractivity contribution in [2.75, 3.05) is 12.3 Å². The Balaban J connectivity index is 2.13. The van der Waals surface area contributed by atoms with Crippen LogP contribution in [0.2, 0.25) is 0 Å². The first-order valence-corrected chi connectivity index (χ1v) is 6.29. The predicted molar refractivity (Wildman–Crippen MR) is 73.3 cm³/mol. The first-order chi connectivity index (χ1) is 10.4. The Labute approximate surface area is 123 Å². The van der Waals surface area contributed by atoms with Gasteiger partial charge in [-0.3, -0.25) is 14.3 Å². The number of aliphatic hydroxyl groups excluding tert-OH is 2. The number of aromatic amines is 1. The van der Waals surface area contributed by atoms with E-state index in [2.05, 4.69) is 15.0 Å². The van der Waals surface area contributed by atoms with Crippen LogP contribution in [-0.2, 0) is 4.74 Å². The zero-order chi connectivity index (χ0) is 16.1. The second-order valence-electron chi connectivity index (χ2n) is 4.89. The number of ether oxygens (including phenoxy) is 1. The van der Waals surface area contributed by atoms with Gasteiger partial charge >= 0.3 is 0 Å². The Bertz CT molecular complexity index is 823. The van der Waals surface area contributed by atoms with Gasteiger partial charge in [0, 0.05) is 0 Å². The van der Waals surface area contributed by atoms with Gasteiger partial charge < -0.3 is 25.8 Å². The summed E-state index contributed by atoms with van der Waals surface area (Å²) in [4.78, 5) is 21.8. The number of anilines is 1. The Morgan fingerprint density at radius 1 is 1.64 bits per heavy atom. The zero-order valence-electron chi connectivity index (χ0n) is 11.2. The summed E-state index contributed by atoms with van der Waals surface area (Å²) in [6, 6.07) is 0. The van der Waals surface area contributed by atoms with Crippen LogP contribution in [0.4, 0.5) is 5.95 Å². The quantitative estimate of drug-likeness (QED) is 0.375. The van der Waals surface area contributed by atoms with Crippen molar-refractivity contribution in [3.8, 4) is 12.3 Å². The molecule has 0 aliphatic carbocycles.